The minimum Gasteiger partial charge on any atom is -0.454 e. The summed E-state index contributed by atoms with van der Waals surface area (Å²) in [6, 6.07) is 18.6. The van der Waals surface area contributed by atoms with E-state index in [1.165, 1.54) is 0 Å². The number of nitrogens with one attached hydrogen (secondary N) is 1. The zero-order valence-electron chi connectivity index (χ0n) is 14.6. The van der Waals surface area contributed by atoms with Gasteiger partial charge < -0.3 is 19.4 Å². The van der Waals surface area contributed by atoms with Gasteiger partial charge in [-0.05, 0) is 35.4 Å². The molecule has 0 spiro atoms. The third-order valence-electron chi connectivity index (χ3n) is 4.35. The third kappa shape index (κ3) is 3.69. The van der Waals surface area contributed by atoms with E-state index in [0.717, 1.165) is 11.1 Å². The molecule has 1 aromatic heterocycles. The van der Waals surface area contributed by atoms with Crippen LogP contribution in [0.3, 0.4) is 0 Å². The number of carbonyl (C=O) groups is 2. The van der Waals surface area contributed by atoms with Gasteiger partial charge in [0, 0.05) is 19.3 Å². The summed E-state index contributed by atoms with van der Waals surface area (Å²) in [6.07, 6.45) is 1.80. The van der Waals surface area contributed by atoms with Gasteiger partial charge in [-0.15, -0.1) is 0 Å². The molecule has 4 rings (SSSR count). The molecule has 0 saturated heterocycles. The first-order valence-corrected chi connectivity index (χ1v) is 8.61. The Balaban J connectivity index is 1.41. The number of Topliss-reactive ketones (excluding diaryl/α,β-unsaturated/α-hetero) is 1. The van der Waals surface area contributed by atoms with Crippen molar-refractivity contribution in [3.8, 4) is 11.5 Å². The van der Waals surface area contributed by atoms with Crippen molar-refractivity contribution >= 4 is 11.7 Å². The smallest absolute Gasteiger partial charge is 0.294 e. The summed E-state index contributed by atoms with van der Waals surface area (Å²) in [5.74, 6) is 0.127. The highest BCUT2D eigenvalue weighted by molar-refractivity contribution is 6.42. The molecule has 2 heterocycles. The van der Waals surface area contributed by atoms with Crippen LogP contribution >= 0.6 is 0 Å². The van der Waals surface area contributed by atoms with Crippen molar-refractivity contribution < 1.29 is 19.1 Å². The topological polar surface area (TPSA) is 69.6 Å². The molecule has 1 aliphatic heterocycles. The molecule has 0 unspecified atom stereocenters. The number of amides is 1. The average Bonchev–Trinajstić information content (AvgIpc) is 3.35. The predicted octanol–water partition coefficient (Wildman–Crippen LogP) is 2.76. The number of rotatable bonds is 6. The Kier molecular flexibility index (Phi) is 4.61. The lowest BCUT2D eigenvalue weighted by molar-refractivity contribution is -0.117. The first-order chi connectivity index (χ1) is 13.2. The Bertz CT molecular complexity index is 979. The minimum atomic E-state index is -0.638. The second-order valence-electron chi connectivity index (χ2n) is 6.21. The summed E-state index contributed by atoms with van der Waals surface area (Å²) in [6.45, 7) is 0.965. The van der Waals surface area contributed by atoms with Crippen LogP contribution in [0.15, 0.2) is 66.9 Å². The molecule has 3 aromatic rings. The van der Waals surface area contributed by atoms with Gasteiger partial charge in [0.25, 0.3) is 11.7 Å². The maximum Gasteiger partial charge on any atom is 0.294 e. The van der Waals surface area contributed by atoms with Gasteiger partial charge in [0.1, 0.15) is 0 Å². The van der Waals surface area contributed by atoms with E-state index in [9.17, 15) is 9.59 Å². The van der Waals surface area contributed by atoms with E-state index in [1.807, 2.05) is 36.4 Å². The fourth-order valence-electron chi connectivity index (χ4n) is 2.97. The fourth-order valence-corrected chi connectivity index (χ4v) is 2.97. The molecule has 6 nitrogen and oxygen atoms in total. The van der Waals surface area contributed by atoms with Crippen molar-refractivity contribution in [2.45, 2.75) is 13.1 Å². The van der Waals surface area contributed by atoms with Crippen molar-refractivity contribution in [2.24, 2.45) is 0 Å². The first kappa shape index (κ1) is 16.9. The number of carbonyl (C=O) groups excluding carboxylic acids is 2. The Morgan fingerprint density at radius 2 is 1.74 bits per heavy atom. The standard InChI is InChI=1S/C21H18N2O4/c24-20(17-7-4-10-23(17)13-15-5-2-1-3-6-15)21(25)22-12-16-8-9-18-19(11-16)27-14-26-18/h1-11H,12-14H2,(H,22,25). The summed E-state index contributed by atoms with van der Waals surface area (Å²) in [4.78, 5) is 24.9. The maximum absolute atomic E-state index is 12.5. The molecule has 1 amide bonds. The molecular formula is C21H18N2O4. The van der Waals surface area contributed by atoms with Gasteiger partial charge in [-0.2, -0.15) is 0 Å². The van der Waals surface area contributed by atoms with Crippen LogP contribution in [-0.2, 0) is 17.9 Å². The second-order valence-corrected chi connectivity index (χ2v) is 6.21. The number of nitrogens with zero attached hydrogens (tertiary/aromatic N) is 1. The molecule has 0 saturated carbocycles. The molecule has 2 aromatic carbocycles. The monoisotopic (exact) mass is 362 g/mol. The van der Waals surface area contributed by atoms with Gasteiger partial charge in [-0.3, -0.25) is 9.59 Å². The van der Waals surface area contributed by atoms with E-state index >= 15 is 0 Å². The van der Waals surface area contributed by atoms with Crippen LogP contribution in [0, 0.1) is 0 Å². The Morgan fingerprint density at radius 3 is 2.59 bits per heavy atom. The Morgan fingerprint density at radius 1 is 0.926 bits per heavy atom. The third-order valence-corrected chi connectivity index (χ3v) is 4.35. The van der Waals surface area contributed by atoms with Gasteiger partial charge in [0.05, 0.1) is 5.69 Å². The Hall–Kier alpha value is -3.54. The molecule has 1 aliphatic rings. The van der Waals surface area contributed by atoms with Gasteiger partial charge in [0.15, 0.2) is 11.5 Å². The number of aromatic nitrogens is 1. The Labute approximate surface area is 156 Å². The number of hydrogen-bond acceptors (Lipinski definition) is 4. The van der Waals surface area contributed by atoms with E-state index < -0.39 is 11.7 Å². The summed E-state index contributed by atoms with van der Waals surface area (Å²) in [5.41, 5.74) is 2.26. The van der Waals surface area contributed by atoms with Gasteiger partial charge in [0.2, 0.25) is 6.79 Å². The SMILES string of the molecule is O=C(NCc1ccc2c(c1)OCO2)C(=O)c1cccn1Cc1ccccc1. The zero-order chi connectivity index (χ0) is 18.6. The number of benzene rings is 2. The van der Waals surface area contributed by atoms with Crippen LogP contribution in [0.25, 0.3) is 0 Å². The molecule has 0 aliphatic carbocycles. The van der Waals surface area contributed by atoms with Crippen LogP contribution in [0.1, 0.15) is 21.6 Å². The summed E-state index contributed by atoms with van der Waals surface area (Å²) in [5, 5.41) is 2.67. The van der Waals surface area contributed by atoms with Gasteiger partial charge in [-0.1, -0.05) is 36.4 Å². The van der Waals surface area contributed by atoms with Crippen LogP contribution < -0.4 is 14.8 Å². The molecule has 1 N–H and O–H groups in total. The average molecular weight is 362 g/mol. The van der Waals surface area contributed by atoms with E-state index in [1.54, 1.807) is 35.0 Å². The summed E-state index contributed by atoms with van der Waals surface area (Å²) < 4.78 is 12.4. The highest BCUT2D eigenvalue weighted by Gasteiger charge is 2.20. The van der Waals surface area contributed by atoms with Gasteiger partial charge >= 0.3 is 0 Å². The molecule has 6 heteroatoms. The number of fused-ring (bicyclic) bond motifs is 1. The van der Waals surface area contributed by atoms with E-state index in [0.29, 0.717) is 23.7 Å². The van der Waals surface area contributed by atoms with Crippen molar-refractivity contribution in [1.82, 2.24) is 9.88 Å². The predicted molar refractivity (Wildman–Crippen MR) is 98.7 cm³/mol. The van der Waals surface area contributed by atoms with E-state index in [4.69, 9.17) is 9.47 Å². The number of ether oxygens (including phenoxy) is 2. The normalized spacial score (nSPS) is 12.0. The van der Waals surface area contributed by atoms with Crippen LogP contribution in [-0.4, -0.2) is 23.1 Å². The molecular weight excluding hydrogens is 344 g/mol. The zero-order valence-corrected chi connectivity index (χ0v) is 14.6. The molecule has 0 radical (unpaired) electrons. The highest BCUT2D eigenvalue weighted by atomic mass is 16.7. The van der Waals surface area contributed by atoms with Crippen LogP contribution in [0.5, 0.6) is 11.5 Å². The van der Waals surface area contributed by atoms with Crippen LogP contribution in [0.2, 0.25) is 0 Å². The highest BCUT2D eigenvalue weighted by Crippen LogP contribution is 2.32. The maximum atomic E-state index is 12.5. The number of hydrogen-bond donors (Lipinski definition) is 1. The molecule has 0 atom stereocenters. The largest absolute Gasteiger partial charge is 0.454 e. The molecule has 0 fully saturated rings. The van der Waals surface area contributed by atoms with E-state index in [2.05, 4.69) is 5.32 Å². The second kappa shape index (κ2) is 7.37. The van der Waals surface area contributed by atoms with Gasteiger partial charge in [-0.25, -0.2) is 0 Å². The van der Waals surface area contributed by atoms with Crippen LogP contribution in [0.4, 0.5) is 0 Å². The number of ketones is 1. The van der Waals surface area contributed by atoms with E-state index in [-0.39, 0.29) is 13.3 Å². The summed E-state index contributed by atoms with van der Waals surface area (Å²) in [7, 11) is 0. The summed E-state index contributed by atoms with van der Waals surface area (Å²) >= 11 is 0. The van der Waals surface area contributed by atoms with Crippen molar-refractivity contribution in [3.63, 3.8) is 0 Å². The van der Waals surface area contributed by atoms with Crippen molar-refractivity contribution in [3.05, 3.63) is 83.7 Å². The van der Waals surface area contributed by atoms with Crippen molar-refractivity contribution in [1.29, 1.82) is 0 Å². The lowest BCUT2D eigenvalue weighted by Gasteiger charge is -2.09. The molecule has 136 valence electrons. The quantitative estimate of drug-likeness (QED) is 0.541. The lowest BCUT2D eigenvalue weighted by atomic mass is 10.2. The fraction of sp³-hybridized carbons (Fsp3) is 0.143. The molecule has 0 bridgehead atoms. The first-order valence-electron chi connectivity index (χ1n) is 8.61. The molecule has 27 heavy (non-hydrogen) atoms. The lowest BCUT2D eigenvalue weighted by Crippen LogP contribution is -2.32. The van der Waals surface area contributed by atoms with Crippen molar-refractivity contribution in [2.75, 3.05) is 6.79 Å². The minimum absolute atomic E-state index is 0.196.